The summed E-state index contributed by atoms with van der Waals surface area (Å²) in [6.07, 6.45) is 1.76. The number of amides is 1. The molecule has 4 N–H and O–H groups in total. The van der Waals surface area contributed by atoms with Gasteiger partial charge in [0.15, 0.2) is 11.5 Å². The third kappa shape index (κ3) is 4.39. The van der Waals surface area contributed by atoms with Crippen molar-refractivity contribution in [2.24, 2.45) is 5.92 Å². The maximum atomic E-state index is 12.5. The summed E-state index contributed by atoms with van der Waals surface area (Å²) < 4.78 is 1.73. The van der Waals surface area contributed by atoms with Crippen LogP contribution in [0.25, 0.3) is 11.2 Å². The van der Waals surface area contributed by atoms with Crippen molar-refractivity contribution in [3.8, 4) is 0 Å². The summed E-state index contributed by atoms with van der Waals surface area (Å²) in [6.45, 7) is 0.934. The van der Waals surface area contributed by atoms with Gasteiger partial charge in [-0.15, -0.1) is 12.4 Å². The molecule has 2 fully saturated rings. The highest BCUT2D eigenvalue weighted by Gasteiger charge is 2.42. The van der Waals surface area contributed by atoms with E-state index in [0.29, 0.717) is 42.9 Å². The smallest absolute Gasteiger partial charge is 0.225 e. The highest BCUT2D eigenvalue weighted by molar-refractivity contribution is 5.85. The van der Waals surface area contributed by atoms with Crippen LogP contribution in [0.2, 0.25) is 0 Å². The summed E-state index contributed by atoms with van der Waals surface area (Å²) in [5.74, 6) is 0.215. The molecule has 1 aliphatic carbocycles. The first-order valence-corrected chi connectivity index (χ1v) is 10.8. The normalized spacial score (nSPS) is 27.2. The molecule has 33 heavy (non-hydrogen) atoms. The van der Waals surface area contributed by atoms with Gasteiger partial charge in [0.2, 0.25) is 5.91 Å². The first-order valence-electron chi connectivity index (χ1n) is 10.8. The SMILES string of the molecule is Cl.O=C1C[C@H](Nc2ncnc3c2ncn3[C@@H]2C[C@H](CO)[C@@H](O)[C@H]2O)CN1Cc1ccccc1. The Kier molecular flexibility index (Phi) is 6.80. The van der Waals surface area contributed by atoms with E-state index in [2.05, 4.69) is 20.3 Å². The Morgan fingerprint density at radius 3 is 2.61 bits per heavy atom. The fourth-order valence-electron chi connectivity index (χ4n) is 4.78. The zero-order valence-corrected chi connectivity index (χ0v) is 18.7. The van der Waals surface area contributed by atoms with Crippen LogP contribution in [0.4, 0.5) is 5.82 Å². The number of carbonyl (C=O) groups excluding carboxylic acids is 1. The summed E-state index contributed by atoms with van der Waals surface area (Å²) in [5, 5.41) is 33.4. The van der Waals surface area contributed by atoms with Crippen LogP contribution in [-0.2, 0) is 11.3 Å². The van der Waals surface area contributed by atoms with Crippen molar-refractivity contribution in [2.75, 3.05) is 18.5 Å². The molecule has 1 amide bonds. The highest BCUT2D eigenvalue weighted by Crippen LogP contribution is 2.37. The minimum Gasteiger partial charge on any atom is -0.396 e. The molecule has 10 nitrogen and oxygen atoms in total. The van der Waals surface area contributed by atoms with Crippen molar-refractivity contribution in [3.63, 3.8) is 0 Å². The number of benzene rings is 1. The van der Waals surface area contributed by atoms with Gasteiger partial charge < -0.3 is 30.1 Å². The molecule has 0 spiro atoms. The van der Waals surface area contributed by atoms with Crippen LogP contribution in [0, 0.1) is 5.92 Å². The molecule has 2 aromatic heterocycles. The Labute approximate surface area is 196 Å². The number of carbonyl (C=O) groups is 1. The maximum absolute atomic E-state index is 12.5. The molecule has 1 saturated carbocycles. The van der Waals surface area contributed by atoms with Crippen LogP contribution >= 0.6 is 12.4 Å². The predicted molar refractivity (Wildman–Crippen MR) is 123 cm³/mol. The topological polar surface area (TPSA) is 137 Å². The van der Waals surface area contributed by atoms with Crippen molar-refractivity contribution in [1.82, 2.24) is 24.4 Å². The van der Waals surface area contributed by atoms with E-state index in [0.717, 1.165) is 5.56 Å². The summed E-state index contributed by atoms with van der Waals surface area (Å²) >= 11 is 0. The molecular formula is C22H27ClN6O4. The van der Waals surface area contributed by atoms with Gasteiger partial charge in [-0.2, -0.15) is 0 Å². The lowest BCUT2D eigenvalue weighted by atomic mass is 10.1. The number of anilines is 1. The first-order chi connectivity index (χ1) is 15.5. The second-order valence-corrected chi connectivity index (χ2v) is 8.58. The predicted octanol–water partition coefficient (Wildman–Crippen LogP) is 0.736. The van der Waals surface area contributed by atoms with Gasteiger partial charge in [-0.05, 0) is 12.0 Å². The van der Waals surface area contributed by atoms with Crippen LogP contribution in [0.3, 0.4) is 0 Å². The third-order valence-corrected chi connectivity index (χ3v) is 6.49. The minimum atomic E-state index is -1.02. The number of halogens is 1. The third-order valence-electron chi connectivity index (χ3n) is 6.49. The standard InChI is InChI=1S/C22H26N6O4.ClH/c29-10-14-6-16(20(32)19(14)31)28-12-25-18-21(23-11-24-22(18)28)26-15-7-17(30)27(9-15)8-13-4-2-1-3-5-13;/h1-5,11-12,14-16,19-20,29,31-32H,6-10H2,(H,23,24,26);1H/t14-,15+,16-,19-,20+;/m1./s1. The molecule has 2 aliphatic rings. The number of aliphatic hydroxyl groups excluding tert-OH is 3. The first kappa shape index (κ1) is 23.4. The van der Waals surface area contributed by atoms with Gasteiger partial charge in [-0.25, -0.2) is 15.0 Å². The van der Waals surface area contributed by atoms with E-state index in [1.54, 1.807) is 10.9 Å². The number of aromatic nitrogens is 4. The number of nitrogens with one attached hydrogen (secondary N) is 1. The molecule has 3 heterocycles. The average molecular weight is 475 g/mol. The second-order valence-electron chi connectivity index (χ2n) is 8.58. The minimum absolute atomic E-state index is 0. The van der Waals surface area contributed by atoms with Crippen LogP contribution in [0.1, 0.15) is 24.4 Å². The van der Waals surface area contributed by atoms with Crippen LogP contribution in [0.5, 0.6) is 0 Å². The monoisotopic (exact) mass is 474 g/mol. The number of nitrogens with zero attached hydrogens (tertiary/aromatic N) is 5. The van der Waals surface area contributed by atoms with E-state index in [4.69, 9.17) is 0 Å². The fraction of sp³-hybridized carbons (Fsp3) is 0.455. The number of rotatable bonds is 6. The van der Waals surface area contributed by atoms with E-state index < -0.39 is 24.2 Å². The number of aliphatic hydroxyl groups is 3. The lowest BCUT2D eigenvalue weighted by molar-refractivity contribution is -0.128. The van der Waals surface area contributed by atoms with Crippen LogP contribution in [0.15, 0.2) is 43.0 Å². The molecule has 5 atom stereocenters. The van der Waals surface area contributed by atoms with Gasteiger partial charge >= 0.3 is 0 Å². The number of hydrogen-bond donors (Lipinski definition) is 4. The number of likely N-dealkylation sites (tertiary alicyclic amines) is 1. The van der Waals surface area contributed by atoms with Crippen LogP contribution in [-0.4, -0.2) is 77.0 Å². The van der Waals surface area contributed by atoms with Gasteiger partial charge in [0.1, 0.15) is 17.9 Å². The molecule has 0 radical (unpaired) electrons. The van der Waals surface area contributed by atoms with Gasteiger partial charge in [0.05, 0.1) is 24.5 Å². The molecular weight excluding hydrogens is 448 g/mol. The number of imidazole rings is 1. The highest BCUT2D eigenvalue weighted by atomic mass is 35.5. The summed E-state index contributed by atoms with van der Waals surface area (Å²) in [5.41, 5.74) is 2.15. The van der Waals surface area contributed by atoms with Gasteiger partial charge in [-0.1, -0.05) is 30.3 Å². The molecule has 176 valence electrons. The lowest BCUT2D eigenvalue weighted by Gasteiger charge is -2.19. The zero-order chi connectivity index (χ0) is 22.2. The number of hydrogen-bond acceptors (Lipinski definition) is 8. The van der Waals surface area contributed by atoms with Gasteiger partial charge in [-0.3, -0.25) is 4.79 Å². The van der Waals surface area contributed by atoms with Gasteiger partial charge in [0, 0.05) is 32.0 Å². The Morgan fingerprint density at radius 1 is 1.09 bits per heavy atom. The van der Waals surface area contributed by atoms with Crippen LogP contribution < -0.4 is 5.32 Å². The Balaban J connectivity index is 0.00000259. The van der Waals surface area contributed by atoms with E-state index in [1.807, 2.05) is 35.2 Å². The maximum Gasteiger partial charge on any atom is 0.225 e. The summed E-state index contributed by atoms with van der Waals surface area (Å²) in [6, 6.07) is 9.34. The summed E-state index contributed by atoms with van der Waals surface area (Å²) in [4.78, 5) is 27.4. The molecule has 1 aliphatic heterocycles. The van der Waals surface area contributed by atoms with E-state index in [9.17, 15) is 20.1 Å². The molecule has 0 bridgehead atoms. The van der Waals surface area contributed by atoms with E-state index >= 15 is 0 Å². The van der Waals surface area contributed by atoms with E-state index in [-0.39, 0.29) is 31.0 Å². The Hall–Kier alpha value is -2.79. The summed E-state index contributed by atoms with van der Waals surface area (Å²) in [7, 11) is 0. The largest absolute Gasteiger partial charge is 0.396 e. The molecule has 1 aromatic carbocycles. The number of fused-ring (bicyclic) bond motifs is 1. The van der Waals surface area contributed by atoms with Crippen molar-refractivity contribution < 1.29 is 20.1 Å². The van der Waals surface area contributed by atoms with Crippen molar-refractivity contribution in [1.29, 1.82) is 0 Å². The fourth-order valence-corrected chi connectivity index (χ4v) is 4.78. The lowest BCUT2D eigenvalue weighted by Crippen LogP contribution is -2.30. The second kappa shape index (κ2) is 9.60. The molecule has 5 rings (SSSR count). The molecule has 0 unspecified atom stereocenters. The van der Waals surface area contributed by atoms with Gasteiger partial charge in [0.25, 0.3) is 0 Å². The zero-order valence-electron chi connectivity index (χ0n) is 17.9. The quantitative estimate of drug-likeness (QED) is 0.410. The molecule has 11 heteroatoms. The average Bonchev–Trinajstić information content (AvgIpc) is 3.46. The van der Waals surface area contributed by atoms with Crippen molar-refractivity contribution >= 4 is 35.3 Å². The Bertz CT molecular complexity index is 1110. The Morgan fingerprint density at radius 2 is 1.88 bits per heavy atom. The van der Waals surface area contributed by atoms with Crippen molar-refractivity contribution in [3.05, 3.63) is 48.5 Å². The molecule has 3 aromatic rings. The molecule has 1 saturated heterocycles. The van der Waals surface area contributed by atoms with Crippen molar-refractivity contribution in [2.45, 2.75) is 43.7 Å². The van der Waals surface area contributed by atoms with E-state index in [1.165, 1.54) is 6.33 Å².